The third kappa shape index (κ3) is 4.30. The number of rotatable bonds is 6. The Morgan fingerprint density at radius 3 is 2.60 bits per heavy atom. The lowest BCUT2D eigenvalue weighted by molar-refractivity contribution is -0.116. The first kappa shape index (κ1) is 22.1. The first-order valence-corrected chi connectivity index (χ1v) is 11.8. The molecule has 30 heavy (non-hydrogen) atoms. The normalized spacial score (nSPS) is 12.6. The predicted molar refractivity (Wildman–Crippen MR) is 120 cm³/mol. The van der Waals surface area contributed by atoms with Gasteiger partial charge in [-0.25, -0.2) is 8.42 Å². The minimum atomic E-state index is -3.85. The van der Waals surface area contributed by atoms with Crippen LogP contribution in [0.5, 0.6) is 5.75 Å². The van der Waals surface area contributed by atoms with Crippen molar-refractivity contribution in [1.29, 1.82) is 0 Å². The molecule has 0 saturated carbocycles. The predicted octanol–water partition coefficient (Wildman–Crippen LogP) is 3.06. The SMILES string of the molecule is COc1ccc(Cl)cc1N([C@@H](C)C(=O)Nc1ccc2c(c1)sc(=O)n2C)S(C)(=O)=O. The van der Waals surface area contributed by atoms with Gasteiger partial charge in [-0.3, -0.25) is 13.9 Å². The van der Waals surface area contributed by atoms with E-state index < -0.39 is 22.0 Å². The van der Waals surface area contributed by atoms with E-state index in [1.165, 1.54) is 30.7 Å². The van der Waals surface area contributed by atoms with Crippen molar-refractivity contribution in [3.63, 3.8) is 0 Å². The third-order valence-electron chi connectivity index (χ3n) is 4.53. The molecule has 1 amide bonds. The topological polar surface area (TPSA) is 97.7 Å². The highest BCUT2D eigenvalue weighted by atomic mass is 35.5. The number of aromatic nitrogens is 1. The van der Waals surface area contributed by atoms with Crippen molar-refractivity contribution in [2.75, 3.05) is 23.0 Å². The lowest BCUT2D eigenvalue weighted by Crippen LogP contribution is -2.45. The van der Waals surface area contributed by atoms with Gasteiger partial charge in [0.25, 0.3) is 0 Å². The van der Waals surface area contributed by atoms with Crippen LogP contribution in [0.4, 0.5) is 11.4 Å². The summed E-state index contributed by atoms with van der Waals surface area (Å²) >= 11 is 7.11. The maximum absolute atomic E-state index is 12.9. The third-order valence-corrected chi connectivity index (χ3v) is 6.98. The van der Waals surface area contributed by atoms with E-state index in [0.717, 1.165) is 27.4 Å². The molecular weight excluding hydrogens is 450 g/mol. The molecule has 0 aliphatic rings. The van der Waals surface area contributed by atoms with Gasteiger partial charge in [-0.15, -0.1) is 0 Å². The largest absolute Gasteiger partial charge is 0.495 e. The van der Waals surface area contributed by atoms with Gasteiger partial charge in [0.1, 0.15) is 11.8 Å². The molecule has 2 aromatic carbocycles. The number of hydrogen-bond donors (Lipinski definition) is 1. The highest BCUT2D eigenvalue weighted by Gasteiger charge is 2.31. The quantitative estimate of drug-likeness (QED) is 0.598. The summed E-state index contributed by atoms with van der Waals surface area (Å²) in [6.07, 6.45) is 1.00. The van der Waals surface area contributed by atoms with Crippen LogP contribution in [-0.2, 0) is 21.9 Å². The van der Waals surface area contributed by atoms with Crippen molar-refractivity contribution in [3.8, 4) is 5.75 Å². The van der Waals surface area contributed by atoms with Crippen molar-refractivity contribution in [1.82, 2.24) is 4.57 Å². The molecule has 3 aromatic rings. The van der Waals surface area contributed by atoms with Gasteiger partial charge in [0.15, 0.2) is 0 Å². The Kier molecular flexibility index (Phi) is 6.11. The molecule has 1 N–H and O–H groups in total. The Labute approximate surface area is 182 Å². The number of anilines is 2. The number of amides is 1. The van der Waals surface area contributed by atoms with E-state index in [1.807, 2.05) is 0 Å². The molecule has 0 aliphatic heterocycles. The van der Waals surface area contributed by atoms with Gasteiger partial charge in [-0.05, 0) is 43.3 Å². The van der Waals surface area contributed by atoms with Gasteiger partial charge >= 0.3 is 4.87 Å². The molecule has 0 unspecified atom stereocenters. The monoisotopic (exact) mass is 469 g/mol. The fourth-order valence-electron chi connectivity index (χ4n) is 3.07. The Morgan fingerprint density at radius 2 is 1.97 bits per heavy atom. The number of aryl methyl sites for hydroxylation is 1. The number of nitrogens with zero attached hydrogens (tertiary/aromatic N) is 2. The van der Waals surface area contributed by atoms with E-state index in [4.69, 9.17) is 16.3 Å². The number of benzene rings is 2. The van der Waals surface area contributed by atoms with E-state index in [0.29, 0.717) is 15.4 Å². The minimum absolute atomic E-state index is 0.113. The molecule has 1 aromatic heterocycles. The zero-order valence-corrected chi connectivity index (χ0v) is 19.1. The summed E-state index contributed by atoms with van der Waals surface area (Å²) in [5.74, 6) is -0.287. The van der Waals surface area contributed by atoms with Crippen LogP contribution in [0.3, 0.4) is 0 Å². The van der Waals surface area contributed by atoms with Gasteiger partial charge < -0.3 is 14.6 Å². The van der Waals surface area contributed by atoms with Gasteiger partial charge in [-0.2, -0.15) is 0 Å². The lowest BCUT2D eigenvalue weighted by Gasteiger charge is -2.29. The second-order valence-corrected chi connectivity index (χ2v) is 9.94. The fourth-order valence-corrected chi connectivity index (χ4v) is 5.33. The summed E-state index contributed by atoms with van der Waals surface area (Å²) in [4.78, 5) is 24.6. The van der Waals surface area contributed by atoms with Crippen molar-refractivity contribution in [2.45, 2.75) is 13.0 Å². The molecule has 8 nitrogen and oxygen atoms in total. The molecule has 0 fully saturated rings. The second kappa shape index (κ2) is 8.29. The van der Waals surface area contributed by atoms with Crippen molar-refractivity contribution in [2.24, 2.45) is 7.05 Å². The van der Waals surface area contributed by atoms with Crippen LogP contribution in [0.2, 0.25) is 5.02 Å². The number of thiazole rings is 1. The highest BCUT2D eigenvalue weighted by molar-refractivity contribution is 7.92. The zero-order valence-electron chi connectivity index (χ0n) is 16.7. The van der Waals surface area contributed by atoms with Crippen LogP contribution >= 0.6 is 22.9 Å². The van der Waals surface area contributed by atoms with Crippen LogP contribution in [0, 0.1) is 0 Å². The number of sulfonamides is 1. The number of carbonyl (C=O) groups excluding carboxylic acids is 1. The highest BCUT2D eigenvalue weighted by Crippen LogP contribution is 2.34. The fraction of sp³-hybridized carbons (Fsp3) is 0.263. The van der Waals surface area contributed by atoms with E-state index in [2.05, 4.69) is 5.32 Å². The number of fused-ring (bicyclic) bond motifs is 1. The van der Waals surface area contributed by atoms with Crippen LogP contribution in [0.15, 0.2) is 41.2 Å². The lowest BCUT2D eigenvalue weighted by atomic mass is 10.2. The Hall–Kier alpha value is -2.56. The number of halogens is 1. The van der Waals surface area contributed by atoms with Gasteiger partial charge in [-0.1, -0.05) is 22.9 Å². The maximum Gasteiger partial charge on any atom is 0.307 e. The molecule has 3 rings (SSSR count). The van der Waals surface area contributed by atoms with Crippen LogP contribution < -0.4 is 19.2 Å². The molecule has 0 aliphatic carbocycles. The smallest absolute Gasteiger partial charge is 0.307 e. The first-order chi connectivity index (χ1) is 14.0. The van der Waals surface area contributed by atoms with Crippen molar-refractivity contribution in [3.05, 3.63) is 51.1 Å². The number of hydrogen-bond acceptors (Lipinski definition) is 6. The Bertz CT molecular complexity index is 1280. The molecule has 0 spiro atoms. The first-order valence-electron chi connectivity index (χ1n) is 8.76. The van der Waals surface area contributed by atoms with E-state index in [-0.39, 0.29) is 16.3 Å². The number of nitrogens with one attached hydrogen (secondary N) is 1. The standard InChI is InChI=1S/C19H20ClN3O5S2/c1-11(23(30(4,26)27)15-9-12(20)5-8-16(15)28-3)18(24)21-13-6-7-14-17(10-13)29-19(25)22(14)2/h5-11H,1-4H3,(H,21,24)/t11-/m0/s1. The zero-order chi connectivity index (χ0) is 22.2. The number of ether oxygens (including phenoxy) is 1. The Morgan fingerprint density at radius 1 is 1.27 bits per heavy atom. The van der Waals surface area contributed by atoms with Gasteiger partial charge in [0.2, 0.25) is 15.9 Å². The molecular formula is C19H20ClN3O5S2. The second-order valence-electron chi connectivity index (χ2n) is 6.65. The summed E-state index contributed by atoms with van der Waals surface area (Å²) in [6, 6.07) is 8.49. The van der Waals surface area contributed by atoms with E-state index in [9.17, 15) is 18.0 Å². The molecule has 160 valence electrons. The van der Waals surface area contributed by atoms with Crippen molar-refractivity contribution >= 4 is 60.5 Å². The van der Waals surface area contributed by atoms with E-state index in [1.54, 1.807) is 31.3 Å². The molecule has 11 heteroatoms. The summed E-state index contributed by atoms with van der Waals surface area (Å²) in [6.45, 7) is 1.47. The maximum atomic E-state index is 12.9. The van der Waals surface area contributed by atoms with Crippen LogP contribution in [0.25, 0.3) is 10.2 Å². The average molecular weight is 470 g/mol. The summed E-state index contributed by atoms with van der Waals surface area (Å²) < 4.78 is 33.5. The van der Waals surface area contributed by atoms with E-state index >= 15 is 0 Å². The minimum Gasteiger partial charge on any atom is -0.495 e. The van der Waals surface area contributed by atoms with Gasteiger partial charge in [0, 0.05) is 17.8 Å². The molecule has 1 atom stereocenters. The summed E-state index contributed by atoms with van der Waals surface area (Å²) in [7, 11) is -0.778. The van der Waals surface area contributed by atoms with Crippen molar-refractivity contribution < 1.29 is 17.9 Å². The summed E-state index contributed by atoms with van der Waals surface area (Å²) in [5.41, 5.74) is 1.36. The summed E-state index contributed by atoms with van der Waals surface area (Å²) in [5, 5.41) is 3.02. The number of carbonyl (C=O) groups is 1. The average Bonchev–Trinajstić information content (AvgIpc) is 2.94. The molecule has 1 heterocycles. The molecule has 0 bridgehead atoms. The molecule has 0 saturated heterocycles. The molecule has 0 radical (unpaired) electrons. The van der Waals surface area contributed by atoms with Crippen LogP contribution in [-0.4, -0.2) is 38.3 Å². The number of methoxy groups -OCH3 is 1. The van der Waals surface area contributed by atoms with Crippen LogP contribution in [0.1, 0.15) is 6.92 Å². The Balaban J connectivity index is 1.96. The van der Waals surface area contributed by atoms with Gasteiger partial charge in [0.05, 0.1) is 29.3 Å².